The van der Waals surface area contributed by atoms with Crippen LogP contribution in [0.5, 0.6) is 0 Å². The van der Waals surface area contributed by atoms with Crippen molar-refractivity contribution in [3.63, 3.8) is 0 Å². The van der Waals surface area contributed by atoms with E-state index >= 15 is 0 Å². The van der Waals surface area contributed by atoms with E-state index in [4.69, 9.17) is 13.9 Å². The number of carbonyl (C=O) groups excluding carboxylic acids is 1. The molecule has 2 aromatic carbocycles. The van der Waals surface area contributed by atoms with Crippen LogP contribution in [0.4, 0.5) is 0 Å². The van der Waals surface area contributed by atoms with Crippen molar-refractivity contribution in [2.24, 2.45) is 0 Å². The Labute approximate surface area is 151 Å². The summed E-state index contributed by atoms with van der Waals surface area (Å²) in [4.78, 5) is 24.2. The van der Waals surface area contributed by atoms with Gasteiger partial charge < -0.3 is 13.9 Å². The predicted molar refractivity (Wildman–Crippen MR) is 98.2 cm³/mol. The van der Waals surface area contributed by atoms with Crippen molar-refractivity contribution in [3.8, 4) is 0 Å². The van der Waals surface area contributed by atoms with Gasteiger partial charge in [-0.1, -0.05) is 12.1 Å². The summed E-state index contributed by atoms with van der Waals surface area (Å²) in [5, 5.41) is 0.772. The Balaban J connectivity index is 1.85. The van der Waals surface area contributed by atoms with Crippen LogP contribution in [0.3, 0.4) is 0 Å². The second kappa shape index (κ2) is 7.54. The van der Waals surface area contributed by atoms with Crippen LogP contribution in [0.2, 0.25) is 0 Å². The zero-order valence-corrected chi connectivity index (χ0v) is 15.0. The van der Waals surface area contributed by atoms with Gasteiger partial charge >= 0.3 is 11.6 Å². The SMILES string of the molecule is COCc1cccc(C(=O)OCc2cc(=O)oc3cc(C)c(C)cc23)c1. The van der Waals surface area contributed by atoms with Crippen LogP contribution in [0.25, 0.3) is 11.0 Å². The lowest BCUT2D eigenvalue weighted by atomic mass is 10.0. The number of hydrogen-bond acceptors (Lipinski definition) is 5. The zero-order valence-electron chi connectivity index (χ0n) is 15.0. The summed E-state index contributed by atoms with van der Waals surface area (Å²) < 4.78 is 15.8. The van der Waals surface area contributed by atoms with Gasteiger partial charge in [-0.2, -0.15) is 0 Å². The van der Waals surface area contributed by atoms with Crippen molar-refractivity contribution < 1.29 is 18.7 Å². The van der Waals surface area contributed by atoms with Gasteiger partial charge in [-0.15, -0.1) is 0 Å². The number of hydrogen-bond donors (Lipinski definition) is 0. The molecule has 0 unspecified atom stereocenters. The normalized spacial score (nSPS) is 10.9. The van der Waals surface area contributed by atoms with Gasteiger partial charge in [0.25, 0.3) is 0 Å². The van der Waals surface area contributed by atoms with Gasteiger partial charge in [0.05, 0.1) is 12.2 Å². The van der Waals surface area contributed by atoms with E-state index in [1.807, 2.05) is 32.0 Å². The van der Waals surface area contributed by atoms with Gasteiger partial charge in [0.1, 0.15) is 12.2 Å². The van der Waals surface area contributed by atoms with Gasteiger partial charge in [0, 0.05) is 24.1 Å². The molecule has 5 nitrogen and oxygen atoms in total. The van der Waals surface area contributed by atoms with Crippen LogP contribution in [-0.2, 0) is 22.7 Å². The Bertz CT molecular complexity index is 1020. The molecule has 5 heteroatoms. The summed E-state index contributed by atoms with van der Waals surface area (Å²) in [6, 6.07) is 12.2. The molecule has 0 amide bonds. The fraction of sp³-hybridized carbons (Fsp3) is 0.238. The average molecular weight is 352 g/mol. The van der Waals surface area contributed by atoms with Crippen LogP contribution in [0.15, 0.2) is 51.7 Å². The number of carbonyl (C=O) groups is 1. The minimum atomic E-state index is -0.464. The Hall–Kier alpha value is -2.92. The maximum absolute atomic E-state index is 12.4. The van der Waals surface area contributed by atoms with Crippen LogP contribution >= 0.6 is 0 Å². The molecule has 0 saturated heterocycles. The molecule has 0 aliphatic heterocycles. The first-order valence-corrected chi connectivity index (χ1v) is 8.27. The molecular formula is C21H20O5. The highest BCUT2D eigenvalue weighted by molar-refractivity contribution is 5.90. The molecule has 0 spiro atoms. The van der Waals surface area contributed by atoms with E-state index in [1.54, 1.807) is 25.3 Å². The largest absolute Gasteiger partial charge is 0.457 e. The van der Waals surface area contributed by atoms with Gasteiger partial charge in [-0.25, -0.2) is 9.59 Å². The first-order valence-electron chi connectivity index (χ1n) is 8.27. The molecule has 3 rings (SSSR count). The summed E-state index contributed by atoms with van der Waals surface area (Å²) in [6.07, 6.45) is 0. The molecule has 3 aromatic rings. The molecule has 0 fully saturated rings. The third kappa shape index (κ3) is 3.83. The summed E-state index contributed by atoms with van der Waals surface area (Å²) in [5.41, 5.74) is 4.09. The monoisotopic (exact) mass is 352 g/mol. The predicted octanol–water partition coefficient (Wildman–Crippen LogP) is 3.91. The first kappa shape index (κ1) is 17.9. The van der Waals surface area contributed by atoms with E-state index in [-0.39, 0.29) is 6.61 Å². The molecule has 1 aromatic heterocycles. The van der Waals surface area contributed by atoms with Crippen LogP contribution in [0.1, 0.15) is 32.6 Å². The number of rotatable bonds is 5. The first-order chi connectivity index (χ1) is 12.5. The van der Waals surface area contributed by atoms with Crippen molar-refractivity contribution in [1.82, 2.24) is 0 Å². The lowest BCUT2D eigenvalue weighted by Crippen LogP contribution is -2.08. The second-order valence-corrected chi connectivity index (χ2v) is 6.23. The number of methoxy groups -OCH3 is 1. The third-order valence-electron chi connectivity index (χ3n) is 4.28. The van der Waals surface area contributed by atoms with Crippen LogP contribution in [0, 0.1) is 13.8 Å². The molecule has 0 atom stereocenters. The second-order valence-electron chi connectivity index (χ2n) is 6.23. The van der Waals surface area contributed by atoms with Crippen LogP contribution < -0.4 is 5.63 Å². The van der Waals surface area contributed by atoms with E-state index in [0.29, 0.717) is 23.3 Å². The van der Waals surface area contributed by atoms with E-state index in [1.165, 1.54) is 6.07 Å². The lowest BCUT2D eigenvalue weighted by Gasteiger charge is -2.10. The fourth-order valence-corrected chi connectivity index (χ4v) is 2.78. The average Bonchev–Trinajstić information content (AvgIpc) is 2.61. The molecule has 0 aliphatic carbocycles. The van der Waals surface area contributed by atoms with Gasteiger partial charge in [0.2, 0.25) is 0 Å². The van der Waals surface area contributed by atoms with Gasteiger partial charge in [-0.05, 0) is 54.8 Å². The molecule has 0 radical (unpaired) electrons. The smallest absolute Gasteiger partial charge is 0.338 e. The number of esters is 1. The quantitative estimate of drug-likeness (QED) is 0.514. The minimum absolute atomic E-state index is 0.00204. The zero-order chi connectivity index (χ0) is 18.7. The molecule has 1 heterocycles. The summed E-state index contributed by atoms with van der Waals surface area (Å²) in [6.45, 7) is 4.35. The highest BCUT2D eigenvalue weighted by atomic mass is 16.5. The number of aryl methyl sites for hydroxylation is 2. The number of benzene rings is 2. The summed E-state index contributed by atoms with van der Waals surface area (Å²) in [7, 11) is 1.60. The minimum Gasteiger partial charge on any atom is -0.457 e. The highest BCUT2D eigenvalue weighted by Crippen LogP contribution is 2.22. The molecule has 0 saturated carbocycles. The number of fused-ring (bicyclic) bond motifs is 1. The van der Waals surface area contributed by atoms with Gasteiger partial charge in [-0.3, -0.25) is 0 Å². The van der Waals surface area contributed by atoms with Gasteiger partial charge in [0.15, 0.2) is 0 Å². The highest BCUT2D eigenvalue weighted by Gasteiger charge is 2.12. The van der Waals surface area contributed by atoms with Crippen LogP contribution in [-0.4, -0.2) is 13.1 Å². The maximum atomic E-state index is 12.4. The van der Waals surface area contributed by atoms with E-state index in [9.17, 15) is 9.59 Å². The Kier molecular flexibility index (Phi) is 5.19. The van der Waals surface area contributed by atoms with Crippen molar-refractivity contribution in [1.29, 1.82) is 0 Å². The molecule has 0 aliphatic rings. The number of ether oxygens (including phenoxy) is 2. The topological polar surface area (TPSA) is 65.7 Å². The molecule has 0 N–H and O–H groups in total. The maximum Gasteiger partial charge on any atom is 0.338 e. The molecule has 26 heavy (non-hydrogen) atoms. The Morgan fingerprint density at radius 1 is 1.04 bits per heavy atom. The molecule has 0 bridgehead atoms. The standard InChI is InChI=1S/C21H20O5/c1-13-7-18-17(10-20(22)26-19(18)8-14(13)2)12-25-21(23)16-6-4-5-15(9-16)11-24-3/h4-10H,11-12H2,1-3H3. The van der Waals surface area contributed by atoms with Crippen molar-refractivity contribution in [2.75, 3.05) is 7.11 Å². The van der Waals surface area contributed by atoms with E-state index in [0.717, 1.165) is 22.1 Å². The Morgan fingerprint density at radius 3 is 2.58 bits per heavy atom. The van der Waals surface area contributed by atoms with E-state index < -0.39 is 11.6 Å². The molecule has 134 valence electrons. The van der Waals surface area contributed by atoms with Crippen molar-refractivity contribution >= 4 is 16.9 Å². The fourth-order valence-electron chi connectivity index (χ4n) is 2.78. The van der Waals surface area contributed by atoms with E-state index in [2.05, 4.69) is 0 Å². The van der Waals surface area contributed by atoms with Crippen molar-refractivity contribution in [2.45, 2.75) is 27.1 Å². The molecular weight excluding hydrogens is 332 g/mol. The summed E-state index contributed by atoms with van der Waals surface area (Å²) >= 11 is 0. The lowest BCUT2D eigenvalue weighted by molar-refractivity contribution is 0.0473. The Morgan fingerprint density at radius 2 is 1.81 bits per heavy atom. The van der Waals surface area contributed by atoms with Crippen molar-refractivity contribution in [3.05, 3.63) is 80.7 Å². The third-order valence-corrected chi connectivity index (χ3v) is 4.28. The summed E-state index contributed by atoms with van der Waals surface area (Å²) in [5.74, 6) is -0.451.